The molecule has 1 aromatic heterocycles. The Morgan fingerprint density at radius 2 is 2.38 bits per heavy atom. The topological polar surface area (TPSA) is 54.9 Å². The van der Waals surface area contributed by atoms with Gasteiger partial charge in [-0.15, -0.1) is 11.3 Å². The maximum Gasteiger partial charge on any atom is 0.191 e. The summed E-state index contributed by atoms with van der Waals surface area (Å²) in [6.07, 6.45) is 3.13. The minimum Gasteiger partial charge on any atom is -0.381 e. The van der Waals surface area contributed by atoms with E-state index in [9.17, 15) is 0 Å². The molecule has 136 valence electrons. The molecule has 24 heavy (non-hydrogen) atoms. The fourth-order valence-corrected chi connectivity index (χ4v) is 3.74. The first-order chi connectivity index (χ1) is 11.7. The first kappa shape index (κ1) is 19.2. The maximum atomic E-state index is 5.72. The van der Waals surface area contributed by atoms with Crippen molar-refractivity contribution in [2.45, 2.75) is 39.2 Å². The van der Waals surface area contributed by atoms with Crippen LogP contribution in [0.3, 0.4) is 0 Å². The van der Waals surface area contributed by atoms with Crippen molar-refractivity contribution in [1.82, 2.24) is 10.6 Å². The van der Waals surface area contributed by atoms with Crippen LogP contribution in [0.15, 0.2) is 17.1 Å². The Morgan fingerprint density at radius 1 is 1.50 bits per heavy atom. The van der Waals surface area contributed by atoms with Crippen LogP contribution in [0.4, 0.5) is 0 Å². The van der Waals surface area contributed by atoms with Gasteiger partial charge in [0.25, 0.3) is 0 Å². The van der Waals surface area contributed by atoms with Gasteiger partial charge in [-0.05, 0) is 38.8 Å². The van der Waals surface area contributed by atoms with Gasteiger partial charge in [0.15, 0.2) is 5.96 Å². The van der Waals surface area contributed by atoms with Gasteiger partial charge in [-0.1, -0.05) is 0 Å². The van der Waals surface area contributed by atoms with Crippen molar-refractivity contribution in [1.29, 1.82) is 0 Å². The molecule has 0 bridgehead atoms. The van der Waals surface area contributed by atoms with Gasteiger partial charge >= 0.3 is 0 Å². The lowest BCUT2D eigenvalue weighted by molar-refractivity contribution is 0.0888. The SMILES string of the molecule is CN=C(NCCCOCC1CCOC1)NC(C)Cc1ccc(C)s1. The molecule has 2 N–H and O–H groups in total. The Balaban J connectivity index is 1.54. The molecule has 2 unspecified atom stereocenters. The molecule has 6 heteroatoms. The Labute approximate surface area is 149 Å². The third-order valence-electron chi connectivity index (χ3n) is 4.05. The number of guanidine groups is 1. The molecule has 2 rings (SSSR count). The molecule has 0 amide bonds. The highest BCUT2D eigenvalue weighted by molar-refractivity contribution is 7.11. The van der Waals surface area contributed by atoms with E-state index in [2.05, 4.69) is 41.6 Å². The van der Waals surface area contributed by atoms with E-state index in [0.29, 0.717) is 12.0 Å². The van der Waals surface area contributed by atoms with Crippen molar-refractivity contribution in [3.05, 3.63) is 21.9 Å². The maximum absolute atomic E-state index is 5.72. The number of aliphatic imine (C=N–C) groups is 1. The zero-order valence-corrected chi connectivity index (χ0v) is 16.0. The van der Waals surface area contributed by atoms with E-state index in [0.717, 1.165) is 58.2 Å². The summed E-state index contributed by atoms with van der Waals surface area (Å²) in [5.41, 5.74) is 0. The fourth-order valence-electron chi connectivity index (χ4n) is 2.72. The van der Waals surface area contributed by atoms with Crippen LogP contribution in [-0.2, 0) is 15.9 Å². The largest absolute Gasteiger partial charge is 0.381 e. The number of ether oxygens (including phenoxy) is 2. The number of rotatable bonds is 9. The average molecular weight is 354 g/mol. The minimum absolute atomic E-state index is 0.355. The van der Waals surface area contributed by atoms with Crippen LogP contribution in [0.1, 0.15) is 29.5 Å². The van der Waals surface area contributed by atoms with Crippen LogP contribution in [0.2, 0.25) is 0 Å². The van der Waals surface area contributed by atoms with E-state index in [-0.39, 0.29) is 0 Å². The second-order valence-corrected chi connectivity index (χ2v) is 7.79. The van der Waals surface area contributed by atoms with E-state index in [1.807, 2.05) is 18.4 Å². The van der Waals surface area contributed by atoms with Gasteiger partial charge in [-0.3, -0.25) is 4.99 Å². The zero-order valence-electron chi connectivity index (χ0n) is 15.1. The molecule has 1 aromatic rings. The molecular weight excluding hydrogens is 322 g/mol. The highest BCUT2D eigenvalue weighted by atomic mass is 32.1. The Kier molecular flexibility index (Phi) is 8.56. The van der Waals surface area contributed by atoms with Crippen LogP contribution in [0.5, 0.6) is 0 Å². The molecular formula is C18H31N3O2S. The summed E-state index contributed by atoms with van der Waals surface area (Å²) in [5.74, 6) is 1.45. The summed E-state index contributed by atoms with van der Waals surface area (Å²) in [7, 11) is 1.81. The van der Waals surface area contributed by atoms with Gasteiger partial charge in [-0.25, -0.2) is 0 Å². The number of aryl methyl sites for hydroxylation is 1. The summed E-state index contributed by atoms with van der Waals surface area (Å²) in [4.78, 5) is 7.07. The molecule has 0 spiro atoms. The zero-order chi connectivity index (χ0) is 17.2. The van der Waals surface area contributed by atoms with Crippen molar-refractivity contribution in [2.75, 3.05) is 40.0 Å². The Bertz CT molecular complexity index is 498. The summed E-state index contributed by atoms with van der Waals surface area (Å²) in [5, 5.41) is 6.81. The van der Waals surface area contributed by atoms with Crippen LogP contribution in [0, 0.1) is 12.8 Å². The third-order valence-corrected chi connectivity index (χ3v) is 5.07. The molecule has 1 fully saturated rings. The third kappa shape index (κ3) is 7.20. The van der Waals surface area contributed by atoms with E-state index >= 15 is 0 Å². The molecule has 1 saturated heterocycles. The molecule has 2 heterocycles. The minimum atomic E-state index is 0.355. The Hall–Kier alpha value is -1.11. The second-order valence-electron chi connectivity index (χ2n) is 6.42. The second kappa shape index (κ2) is 10.7. The summed E-state index contributed by atoms with van der Waals surface area (Å²) in [6, 6.07) is 4.74. The lowest BCUT2D eigenvalue weighted by Crippen LogP contribution is -2.43. The monoisotopic (exact) mass is 353 g/mol. The van der Waals surface area contributed by atoms with Gasteiger partial charge in [-0.2, -0.15) is 0 Å². The van der Waals surface area contributed by atoms with Gasteiger partial charge in [0.1, 0.15) is 0 Å². The van der Waals surface area contributed by atoms with Gasteiger partial charge in [0.2, 0.25) is 0 Å². The number of hydrogen-bond donors (Lipinski definition) is 2. The van der Waals surface area contributed by atoms with E-state index in [4.69, 9.17) is 9.47 Å². The van der Waals surface area contributed by atoms with Crippen LogP contribution in [-0.4, -0.2) is 52.0 Å². The van der Waals surface area contributed by atoms with E-state index in [1.165, 1.54) is 9.75 Å². The van der Waals surface area contributed by atoms with Crippen molar-refractivity contribution in [3.8, 4) is 0 Å². The lowest BCUT2D eigenvalue weighted by Gasteiger charge is -2.17. The molecule has 0 saturated carbocycles. The summed E-state index contributed by atoms with van der Waals surface area (Å²) < 4.78 is 11.1. The fraction of sp³-hybridized carbons (Fsp3) is 0.722. The number of hydrogen-bond acceptors (Lipinski definition) is 4. The van der Waals surface area contributed by atoms with Crippen LogP contribution in [0.25, 0.3) is 0 Å². The standard InChI is InChI=1S/C18H31N3O2S/c1-14(11-17-6-5-15(2)24-17)21-18(19-3)20-8-4-9-22-12-16-7-10-23-13-16/h5-6,14,16H,4,7-13H2,1-3H3,(H2,19,20,21). The summed E-state index contributed by atoms with van der Waals surface area (Å²) >= 11 is 1.86. The number of thiophene rings is 1. The first-order valence-electron chi connectivity index (χ1n) is 8.85. The van der Waals surface area contributed by atoms with Gasteiger partial charge in [0.05, 0.1) is 13.2 Å². The predicted molar refractivity (Wildman–Crippen MR) is 101 cm³/mol. The molecule has 0 radical (unpaired) electrons. The van der Waals surface area contributed by atoms with E-state index in [1.54, 1.807) is 0 Å². The summed E-state index contributed by atoms with van der Waals surface area (Å²) in [6.45, 7) is 8.56. The molecule has 1 aliphatic rings. The smallest absolute Gasteiger partial charge is 0.191 e. The highest BCUT2D eigenvalue weighted by Crippen LogP contribution is 2.16. The molecule has 5 nitrogen and oxygen atoms in total. The number of nitrogens with zero attached hydrogens (tertiary/aromatic N) is 1. The molecule has 1 aliphatic heterocycles. The predicted octanol–water partition coefficient (Wildman–Crippen LogP) is 2.60. The van der Waals surface area contributed by atoms with Crippen molar-refractivity contribution in [3.63, 3.8) is 0 Å². The normalized spacial score (nSPS) is 19.5. The van der Waals surface area contributed by atoms with Crippen molar-refractivity contribution in [2.24, 2.45) is 10.9 Å². The molecule has 0 aliphatic carbocycles. The quantitative estimate of drug-likeness (QED) is 0.407. The van der Waals surface area contributed by atoms with Crippen LogP contribution < -0.4 is 10.6 Å². The van der Waals surface area contributed by atoms with Crippen molar-refractivity contribution < 1.29 is 9.47 Å². The van der Waals surface area contributed by atoms with Crippen LogP contribution >= 0.6 is 11.3 Å². The van der Waals surface area contributed by atoms with Gasteiger partial charge < -0.3 is 20.1 Å². The first-order valence-corrected chi connectivity index (χ1v) is 9.67. The highest BCUT2D eigenvalue weighted by Gasteiger charge is 2.15. The molecule has 0 aromatic carbocycles. The Morgan fingerprint density at radius 3 is 3.04 bits per heavy atom. The lowest BCUT2D eigenvalue weighted by atomic mass is 10.1. The average Bonchev–Trinajstić information content (AvgIpc) is 3.21. The van der Waals surface area contributed by atoms with E-state index < -0.39 is 0 Å². The number of nitrogens with one attached hydrogen (secondary N) is 2. The molecule has 2 atom stereocenters. The van der Waals surface area contributed by atoms with Gasteiger partial charge in [0, 0.05) is 54.9 Å². The van der Waals surface area contributed by atoms with Crippen molar-refractivity contribution >= 4 is 17.3 Å².